The molecule has 1 fully saturated rings. The van der Waals surface area contributed by atoms with Gasteiger partial charge in [-0.2, -0.15) is 0 Å². The van der Waals surface area contributed by atoms with Gasteiger partial charge in [0.05, 0.1) is 12.1 Å². The van der Waals surface area contributed by atoms with Crippen molar-refractivity contribution in [3.05, 3.63) is 28.8 Å². The molecule has 0 spiro atoms. The van der Waals surface area contributed by atoms with Crippen LogP contribution in [0.25, 0.3) is 0 Å². The predicted molar refractivity (Wildman–Crippen MR) is 79.8 cm³/mol. The quantitative estimate of drug-likeness (QED) is 0.901. The second-order valence-electron chi connectivity index (χ2n) is 5.09. The van der Waals surface area contributed by atoms with Crippen LogP contribution in [0.4, 0.5) is 0 Å². The van der Waals surface area contributed by atoms with Crippen molar-refractivity contribution in [3.63, 3.8) is 0 Å². The fourth-order valence-electron chi connectivity index (χ4n) is 3.06. The Morgan fingerprint density at radius 3 is 2.89 bits per heavy atom. The van der Waals surface area contributed by atoms with Gasteiger partial charge in [-0.05, 0) is 43.5 Å². The Kier molecular flexibility index (Phi) is 5.08. The van der Waals surface area contributed by atoms with E-state index in [-0.39, 0.29) is 6.04 Å². The number of benzene rings is 1. The van der Waals surface area contributed by atoms with Gasteiger partial charge in [-0.15, -0.1) is 0 Å². The lowest BCUT2D eigenvalue weighted by molar-refractivity contribution is 0.180. The second-order valence-corrected chi connectivity index (χ2v) is 5.49. The number of rotatable bonds is 5. The van der Waals surface area contributed by atoms with Gasteiger partial charge in [-0.25, -0.2) is 0 Å². The zero-order valence-electron chi connectivity index (χ0n) is 11.7. The molecule has 3 nitrogen and oxygen atoms in total. The van der Waals surface area contributed by atoms with Crippen LogP contribution in [0.1, 0.15) is 37.8 Å². The number of hydrogen-bond donors (Lipinski definition) is 1. The topological polar surface area (TPSA) is 38.5 Å². The van der Waals surface area contributed by atoms with Crippen LogP contribution in [0.5, 0.6) is 5.75 Å². The van der Waals surface area contributed by atoms with Crippen molar-refractivity contribution in [1.29, 1.82) is 0 Å². The molecule has 1 saturated heterocycles. The number of halogens is 1. The smallest absolute Gasteiger partial charge is 0.137 e. The van der Waals surface area contributed by atoms with Crippen LogP contribution in [-0.4, -0.2) is 31.1 Å². The summed E-state index contributed by atoms with van der Waals surface area (Å²) in [5, 5.41) is 0.658. The number of nitrogens with two attached hydrogens (primary N) is 1. The fourth-order valence-corrected chi connectivity index (χ4v) is 3.33. The Morgan fingerprint density at radius 1 is 1.53 bits per heavy atom. The predicted octanol–water partition coefficient (Wildman–Crippen LogP) is 3.22. The van der Waals surface area contributed by atoms with E-state index in [1.807, 2.05) is 12.1 Å². The Bertz CT molecular complexity index is 425. The first-order valence-electron chi connectivity index (χ1n) is 7.00. The molecule has 0 saturated carbocycles. The second kappa shape index (κ2) is 6.60. The van der Waals surface area contributed by atoms with Gasteiger partial charge in [0.25, 0.3) is 0 Å². The third kappa shape index (κ3) is 3.04. The van der Waals surface area contributed by atoms with Crippen LogP contribution in [-0.2, 0) is 0 Å². The molecular formula is C15H23ClN2O. The molecule has 2 unspecified atom stereocenters. The highest BCUT2D eigenvalue weighted by atomic mass is 35.5. The minimum absolute atomic E-state index is 0.260. The molecular weight excluding hydrogens is 260 g/mol. The summed E-state index contributed by atoms with van der Waals surface area (Å²) < 4.78 is 5.20. The van der Waals surface area contributed by atoms with Crippen molar-refractivity contribution in [2.24, 2.45) is 5.73 Å². The van der Waals surface area contributed by atoms with Crippen molar-refractivity contribution in [2.75, 3.05) is 20.2 Å². The van der Waals surface area contributed by atoms with Crippen LogP contribution in [0, 0.1) is 0 Å². The Hall–Kier alpha value is -0.770. The highest BCUT2D eigenvalue weighted by Crippen LogP contribution is 2.33. The Labute approximate surface area is 120 Å². The standard InChI is InChI=1S/C15H23ClN2O/c1-3-12-5-4-8-18(12)14(10-17)11-6-7-15(19-2)13(16)9-11/h6-7,9,12,14H,3-5,8,10,17H2,1-2H3. The molecule has 2 atom stereocenters. The average molecular weight is 283 g/mol. The molecule has 0 aromatic heterocycles. The van der Waals surface area contributed by atoms with Gasteiger partial charge in [-0.1, -0.05) is 24.6 Å². The lowest BCUT2D eigenvalue weighted by Gasteiger charge is -2.32. The van der Waals surface area contributed by atoms with Crippen LogP contribution in [0.3, 0.4) is 0 Å². The molecule has 4 heteroatoms. The maximum atomic E-state index is 6.22. The van der Waals surface area contributed by atoms with E-state index in [4.69, 9.17) is 22.1 Å². The molecule has 1 aromatic carbocycles. The average Bonchev–Trinajstić information content (AvgIpc) is 2.88. The van der Waals surface area contributed by atoms with Crippen LogP contribution in [0.2, 0.25) is 5.02 Å². The molecule has 1 aliphatic heterocycles. The Morgan fingerprint density at radius 2 is 2.32 bits per heavy atom. The summed E-state index contributed by atoms with van der Waals surface area (Å²) in [4.78, 5) is 2.53. The van der Waals surface area contributed by atoms with E-state index in [1.54, 1.807) is 7.11 Å². The van der Waals surface area contributed by atoms with E-state index in [1.165, 1.54) is 24.8 Å². The van der Waals surface area contributed by atoms with Crippen molar-refractivity contribution in [2.45, 2.75) is 38.3 Å². The first-order chi connectivity index (χ1) is 9.21. The zero-order valence-corrected chi connectivity index (χ0v) is 12.5. The first kappa shape index (κ1) is 14.6. The largest absolute Gasteiger partial charge is 0.495 e. The van der Waals surface area contributed by atoms with E-state index < -0.39 is 0 Å². The van der Waals surface area contributed by atoms with E-state index in [0.29, 0.717) is 17.6 Å². The number of likely N-dealkylation sites (tertiary alicyclic amines) is 1. The summed E-state index contributed by atoms with van der Waals surface area (Å²) in [5.41, 5.74) is 7.19. The minimum Gasteiger partial charge on any atom is -0.495 e. The van der Waals surface area contributed by atoms with E-state index in [9.17, 15) is 0 Å². The van der Waals surface area contributed by atoms with Gasteiger partial charge in [0.1, 0.15) is 5.75 Å². The van der Waals surface area contributed by atoms with Crippen molar-refractivity contribution < 1.29 is 4.74 Å². The normalized spacial score (nSPS) is 21.6. The molecule has 0 amide bonds. The van der Waals surface area contributed by atoms with Crippen LogP contribution < -0.4 is 10.5 Å². The van der Waals surface area contributed by atoms with Gasteiger partial charge in [-0.3, -0.25) is 4.90 Å². The third-order valence-corrected chi connectivity index (χ3v) is 4.37. The highest BCUT2D eigenvalue weighted by Gasteiger charge is 2.29. The van der Waals surface area contributed by atoms with Gasteiger partial charge < -0.3 is 10.5 Å². The summed E-state index contributed by atoms with van der Waals surface area (Å²) in [6, 6.07) is 6.90. The third-order valence-electron chi connectivity index (χ3n) is 4.08. The lowest BCUT2D eigenvalue weighted by atomic mass is 10.0. The summed E-state index contributed by atoms with van der Waals surface area (Å²) >= 11 is 6.22. The Balaban J connectivity index is 2.24. The SMILES string of the molecule is CCC1CCCN1C(CN)c1ccc(OC)c(Cl)c1. The van der Waals surface area contributed by atoms with Crippen molar-refractivity contribution >= 4 is 11.6 Å². The number of methoxy groups -OCH3 is 1. The molecule has 19 heavy (non-hydrogen) atoms. The summed E-state index contributed by atoms with van der Waals surface area (Å²) in [6.07, 6.45) is 3.72. The molecule has 2 N–H and O–H groups in total. The molecule has 0 aliphatic carbocycles. The van der Waals surface area contributed by atoms with Crippen LogP contribution in [0.15, 0.2) is 18.2 Å². The van der Waals surface area contributed by atoms with E-state index >= 15 is 0 Å². The summed E-state index contributed by atoms with van der Waals surface area (Å²) in [5.74, 6) is 0.717. The van der Waals surface area contributed by atoms with Gasteiger partial charge >= 0.3 is 0 Å². The molecule has 0 radical (unpaired) electrons. The van der Waals surface area contributed by atoms with Crippen molar-refractivity contribution in [3.8, 4) is 5.75 Å². The minimum atomic E-state index is 0.260. The van der Waals surface area contributed by atoms with Gasteiger partial charge in [0.15, 0.2) is 0 Å². The fraction of sp³-hybridized carbons (Fsp3) is 0.600. The lowest BCUT2D eigenvalue weighted by Crippen LogP contribution is -2.37. The molecule has 0 bridgehead atoms. The molecule has 106 valence electrons. The van der Waals surface area contributed by atoms with Gasteiger partial charge in [0.2, 0.25) is 0 Å². The molecule has 1 aromatic rings. The summed E-state index contributed by atoms with van der Waals surface area (Å²) in [7, 11) is 1.63. The first-order valence-corrected chi connectivity index (χ1v) is 7.38. The maximum absolute atomic E-state index is 6.22. The van der Waals surface area contributed by atoms with E-state index in [0.717, 1.165) is 12.3 Å². The summed E-state index contributed by atoms with van der Waals surface area (Å²) in [6.45, 7) is 4.00. The van der Waals surface area contributed by atoms with Crippen molar-refractivity contribution in [1.82, 2.24) is 4.90 Å². The number of ether oxygens (including phenoxy) is 1. The maximum Gasteiger partial charge on any atom is 0.137 e. The number of hydrogen-bond acceptors (Lipinski definition) is 3. The molecule has 1 heterocycles. The van der Waals surface area contributed by atoms with Crippen LogP contribution >= 0.6 is 11.6 Å². The highest BCUT2D eigenvalue weighted by molar-refractivity contribution is 6.32. The molecule has 2 rings (SSSR count). The number of nitrogens with zero attached hydrogens (tertiary/aromatic N) is 1. The molecule has 1 aliphatic rings. The van der Waals surface area contributed by atoms with Gasteiger partial charge in [0, 0.05) is 18.6 Å². The van der Waals surface area contributed by atoms with E-state index in [2.05, 4.69) is 17.9 Å². The zero-order chi connectivity index (χ0) is 13.8. The monoisotopic (exact) mass is 282 g/mol.